The lowest BCUT2D eigenvalue weighted by molar-refractivity contribution is -0.402. The van der Waals surface area contributed by atoms with Crippen LogP contribution in [0.3, 0.4) is 0 Å². The topological polar surface area (TPSA) is 184 Å². The molecule has 0 unspecified atom stereocenters. The lowest BCUT2D eigenvalue weighted by Gasteiger charge is -2.17. The number of anilines is 2. The quantitative estimate of drug-likeness (QED) is 0.490. The molecular formula is C13H14N8O7. The molecule has 0 amide bonds. The molecule has 148 valence electrons. The Balaban J connectivity index is 3.02. The zero-order chi connectivity index (χ0) is 21.3. The number of hydrogen-bond donors (Lipinski definition) is 0. The first-order valence-electron chi connectivity index (χ1n) is 7.43. The summed E-state index contributed by atoms with van der Waals surface area (Å²) in [5, 5.41) is 41.6. The number of aromatic nitrogens is 3. The highest BCUT2D eigenvalue weighted by molar-refractivity contribution is 5.69. The maximum atomic E-state index is 12.4. The molecule has 2 aromatic rings. The van der Waals surface area contributed by atoms with Crippen LogP contribution in [0.1, 0.15) is 0 Å². The van der Waals surface area contributed by atoms with Gasteiger partial charge in [-0.05, 0) is 0 Å². The molecule has 1 heterocycles. The minimum Gasteiger partial charge on any atom is -0.358 e. The third-order valence-electron chi connectivity index (χ3n) is 3.49. The number of non-ortho nitro benzene ring substituents is 1. The molecule has 1 aromatic heterocycles. The summed E-state index contributed by atoms with van der Waals surface area (Å²) >= 11 is 0. The van der Waals surface area contributed by atoms with E-state index in [1.807, 2.05) is 0 Å². The van der Waals surface area contributed by atoms with Crippen LogP contribution in [0.25, 0.3) is 5.69 Å². The molecule has 28 heavy (non-hydrogen) atoms. The van der Waals surface area contributed by atoms with Crippen molar-refractivity contribution in [3.63, 3.8) is 0 Å². The first kappa shape index (κ1) is 20.1. The van der Waals surface area contributed by atoms with Crippen molar-refractivity contribution in [2.45, 2.75) is 0 Å². The molecule has 0 aliphatic heterocycles. The number of nitro benzene ring substituents is 3. The Morgan fingerprint density at radius 3 is 1.50 bits per heavy atom. The van der Waals surface area contributed by atoms with Crippen molar-refractivity contribution in [1.29, 1.82) is 0 Å². The van der Waals surface area contributed by atoms with Crippen LogP contribution in [0, 0.1) is 30.3 Å². The van der Waals surface area contributed by atoms with E-state index in [0.717, 1.165) is 0 Å². The first-order chi connectivity index (χ1) is 13.0. The summed E-state index contributed by atoms with van der Waals surface area (Å²) in [5.41, 5.74) is -4.09. The van der Waals surface area contributed by atoms with Crippen LogP contribution in [-0.2, 0) is 0 Å². The summed E-state index contributed by atoms with van der Waals surface area (Å²) in [5.74, 6) is -0.388. The van der Waals surface area contributed by atoms with Gasteiger partial charge in [-0.15, -0.1) is 15.0 Å². The second kappa shape index (κ2) is 7.22. The molecule has 0 bridgehead atoms. The van der Waals surface area contributed by atoms with Crippen LogP contribution in [-0.4, -0.2) is 58.0 Å². The van der Waals surface area contributed by atoms with Crippen molar-refractivity contribution < 1.29 is 14.8 Å². The lowest BCUT2D eigenvalue weighted by atomic mass is 10.2. The molecule has 0 aliphatic carbocycles. The minimum absolute atomic E-state index is 0.194. The molecule has 0 radical (unpaired) electrons. The monoisotopic (exact) mass is 394 g/mol. The largest absolute Gasteiger partial charge is 0.358 e. The molecule has 0 saturated heterocycles. The molecule has 0 saturated carbocycles. The summed E-state index contributed by atoms with van der Waals surface area (Å²) in [6.07, 6.45) is 0. The van der Waals surface area contributed by atoms with Gasteiger partial charge in [-0.25, -0.2) is 0 Å². The van der Waals surface area contributed by atoms with Crippen molar-refractivity contribution in [2.24, 2.45) is 0 Å². The minimum atomic E-state index is -1.03. The Morgan fingerprint density at radius 2 is 1.21 bits per heavy atom. The molecule has 0 aliphatic rings. The summed E-state index contributed by atoms with van der Waals surface area (Å²) in [6.45, 7) is 0. The molecule has 0 N–H and O–H groups in total. The molecule has 15 heteroatoms. The van der Waals surface area contributed by atoms with E-state index in [1.54, 1.807) is 0 Å². The van der Waals surface area contributed by atoms with E-state index in [2.05, 4.69) is 10.2 Å². The maximum Gasteiger partial charge on any atom is 0.310 e. The van der Waals surface area contributed by atoms with E-state index >= 15 is 0 Å². The second-order valence-corrected chi connectivity index (χ2v) is 5.86. The standard InChI is InChI=1S/C13H14N8O7/c1-16(2)12-11(22)13(17(3)4)15-18(14-12)10-8(20(25)26)5-7(19(23)24)6-9(10)21(27)28/h5-6H,1-4H3. The van der Waals surface area contributed by atoms with E-state index in [1.165, 1.54) is 38.0 Å². The van der Waals surface area contributed by atoms with Gasteiger partial charge >= 0.3 is 11.4 Å². The fourth-order valence-corrected chi connectivity index (χ4v) is 2.26. The zero-order valence-electron chi connectivity index (χ0n) is 15.1. The summed E-state index contributed by atoms with van der Waals surface area (Å²) in [7, 11) is 5.91. The number of nitrogens with zero attached hydrogens (tertiary/aromatic N) is 8. The Morgan fingerprint density at radius 1 is 0.821 bits per heavy atom. The highest BCUT2D eigenvalue weighted by Gasteiger charge is 2.34. The van der Waals surface area contributed by atoms with Crippen molar-refractivity contribution in [2.75, 3.05) is 38.0 Å². The lowest BCUT2D eigenvalue weighted by Crippen LogP contribution is -2.31. The van der Waals surface area contributed by atoms with Gasteiger partial charge in [0.1, 0.15) is 0 Å². The Hall–Kier alpha value is -4.17. The highest BCUT2D eigenvalue weighted by Crippen LogP contribution is 2.36. The molecule has 15 nitrogen and oxygen atoms in total. The van der Waals surface area contributed by atoms with Crippen LogP contribution >= 0.6 is 0 Å². The van der Waals surface area contributed by atoms with Gasteiger partial charge in [0.25, 0.3) is 11.1 Å². The first-order valence-corrected chi connectivity index (χ1v) is 7.43. The number of rotatable bonds is 6. The number of nitro groups is 3. The highest BCUT2D eigenvalue weighted by atomic mass is 16.6. The van der Waals surface area contributed by atoms with Crippen molar-refractivity contribution in [1.82, 2.24) is 15.0 Å². The van der Waals surface area contributed by atoms with Crippen molar-refractivity contribution in [3.05, 3.63) is 52.7 Å². The van der Waals surface area contributed by atoms with Gasteiger partial charge in [-0.3, -0.25) is 35.1 Å². The number of benzene rings is 1. The average molecular weight is 394 g/mol. The van der Waals surface area contributed by atoms with E-state index in [4.69, 9.17) is 0 Å². The van der Waals surface area contributed by atoms with Crippen molar-refractivity contribution >= 4 is 28.7 Å². The molecule has 1 aromatic carbocycles. The zero-order valence-corrected chi connectivity index (χ0v) is 15.1. The second-order valence-electron chi connectivity index (χ2n) is 5.86. The van der Waals surface area contributed by atoms with Gasteiger partial charge in [0.2, 0.25) is 17.3 Å². The fourth-order valence-electron chi connectivity index (χ4n) is 2.26. The van der Waals surface area contributed by atoms with Gasteiger partial charge in [-0.2, -0.15) is 0 Å². The average Bonchev–Trinajstić information content (AvgIpc) is 2.59. The van der Waals surface area contributed by atoms with Crippen LogP contribution in [0.5, 0.6) is 0 Å². The fraction of sp³-hybridized carbons (Fsp3) is 0.308. The molecule has 0 fully saturated rings. The molecule has 0 spiro atoms. The van der Waals surface area contributed by atoms with E-state index in [0.29, 0.717) is 16.9 Å². The predicted molar refractivity (Wildman–Crippen MR) is 96.2 cm³/mol. The van der Waals surface area contributed by atoms with Gasteiger partial charge < -0.3 is 9.80 Å². The third kappa shape index (κ3) is 3.53. The molecule has 0 atom stereocenters. The summed E-state index contributed by atoms with van der Waals surface area (Å²) in [6, 6.07) is 1.13. The van der Waals surface area contributed by atoms with Gasteiger partial charge in [0, 0.05) is 28.2 Å². The van der Waals surface area contributed by atoms with Crippen LogP contribution in [0.2, 0.25) is 0 Å². The van der Waals surface area contributed by atoms with Gasteiger partial charge in [0.05, 0.1) is 26.9 Å². The van der Waals surface area contributed by atoms with E-state index in [-0.39, 0.29) is 11.6 Å². The Labute approximate surface area is 155 Å². The number of hydrogen-bond acceptors (Lipinski definition) is 11. The smallest absolute Gasteiger partial charge is 0.310 e. The predicted octanol–water partition coefficient (Wildman–Crippen LogP) is 0.484. The van der Waals surface area contributed by atoms with E-state index in [9.17, 15) is 35.1 Å². The molecule has 2 rings (SSSR count). The SMILES string of the molecule is CN(C)c1nn(-c2c([N+](=O)[O-])cc([N+](=O)[O-])cc2[N+](=O)[O-])nc(N(C)C)c1=O. The van der Waals surface area contributed by atoms with Crippen LogP contribution in [0.15, 0.2) is 16.9 Å². The van der Waals surface area contributed by atoms with Crippen molar-refractivity contribution in [3.8, 4) is 5.69 Å². The summed E-state index contributed by atoms with van der Waals surface area (Å²) in [4.78, 5) is 46.5. The summed E-state index contributed by atoms with van der Waals surface area (Å²) < 4.78 is 0. The van der Waals surface area contributed by atoms with E-state index < -0.39 is 42.9 Å². The maximum absolute atomic E-state index is 12.4. The Kier molecular flexibility index (Phi) is 5.19. The van der Waals surface area contributed by atoms with Gasteiger partial charge in [-0.1, -0.05) is 0 Å². The van der Waals surface area contributed by atoms with Crippen LogP contribution in [0.4, 0.5) is 28.7 Å². The van der Waals surface area contributed by atoms with Gasteiger partial charge in [0.15, 0.2) is 0 Å². The van der Waals surface area contributed by atoms with Crippen LogP contribution < -0.4 is 15.2 Å². The Bertz CT molecular complexity index is 978. The normalized spacial score (nSPS) is 10.4. The molecular weight excluding hydrogens is 380 g/mol. The third-order valence-corrected chi connectivity index (χ3v) is 3.49.